The van der Waals surface area contributed by atoms with Crippen molar-refractivity contribution < 1.29 is 9.59 Å². The molecule has 0 saturated heterocycles. The topological polar surface area (TPSA) is 81.0 Å². The number of anilines is 2. The fourth-order valence-corrected chi connectivity index (χ4v) is 3.19. The highest BCUT2D eigenvalue weighted by Crippen LogP contribution is 2.32. The second kappa shape index (κ2) is 11.0. The number of ketones is 1. The number of carbonyl (C=O) groups is 2. The Morgan fingerprint density at radius 3 is 2.17 bits per heavy atom. The molecule has 0 aliphatic carbocycles. The number of aromatic nitrogens is 4. The predicted octanol–water partition coefficient (Wildman–Crippen LogP) is 4.46. The van der Waals surface area contributed by atoms with Gasteiger partial charge in [0.2, 0.25) is 5.91 Å². The van der Waals surface area contributed by atoms with Crippen LogP contribution in [0.5, 0.6) is 0 Å². The Bertz CT molecular complexity index is 979. The minimum Gasteiger partial charge on any atom is -0.299 e. The lowest BCUT2D eigenvalue weighted by molar-refractivity contribution is -0.125. The average molecular weight is 408 g/mol. The van der Waals surface area contributed by atoms with E-state index in [0.29, 0.717) is 5.69 Å². The van der Waals surface area contributed by atoms with E-state index in [2.05, 4.69) is 15.5 Å². The summed E-state index contributed by atoms with van der Waals surface area (Å²) in [6.07, 6.45) is 0.902. The molecule has 2 aromatic carbocycles. The first-order valence-corrected chi connectivity index (χ1v) is 10.5. The maximum atomic E-state index is 12.7. The van der Waals surface area contributed by atoms with Crippen LogP contribution in [0, 0.1) is 0 Å². The monoisotopic (exact) mass is 407 g/mol. The molecule has 0 spiro atoms. The molecular weight excluding hydrogens is 378 g/mol. The van der Waals surface area contributed by atoms with Crippen molar-refractivity contribution in [2.45, 2.75) is 53.9 Å². The molecule has 0 bridgehead atoms. The van der Waals surface area contributed by atoms with Gasteiger partial charge in [0.1, 0.15) is 5.78 Å². The van der Waals surface area contributed by atoms with Gasteiger partial charge in [0, 0.05) is 18.5 Å². The van der Waals surface area contributed by atoms with E-state index in [0.717, 1.165) is 29.2 Å². The molecule has 0 unspecified atom stereocenters. The number of carbonyl (C=O) groups excluding carboxylic acids is 2. The van der Waals surface area contributed by atoms with Crippen LogP contribution in [-0.2, 0) is 22.4 Å². The molecule has 1 aliphatic rings. The summed E-state index contributed by atoms with van der Waals surface area (Å²) in [5.74, 6) is 0.478. The first kappa shape index (κ1) is 22.9. The summed E-state index contributed by atoms with van der Waals surface area (Å²) in [6, 6.07) is 15.0. The SMILES string of the molecule is CC.CC.CCc1nnnn1-c1ccc(N2C(=O)CC(=O)Cc3ccccc32)cc1. The van der Waals surface area contributed by atoms with Gasteiger partial charge < -0.3 is 0 Å². The molecule has 30 heavy (non-hydrogen) atoms. The van der Waals surface area contributed by atoms with E-state index >= 15 is 0 Å². The minimum atomic E-state index is -0.218. The number of rotatable bonds is 3. The Kier molecular flexibility index (Phi) is 8.41. The number of hydrogen-bond donors (Lipinski definition) is 0. The Labute approximate surface area is 177 Å². The molecule has 3 aromatic rings. The molecule has 0 radical (unpaired) electrons. The van der Waals surface area contributed by atoms with Crippen LogP contribution in [0.4, 0.5) is 11.4 Å². The maximum absolute atomic E-state index is 12.7. The van der Waals surface area contributed by atoms with Crippen LogP contribution < -0.4 is 4.90 Å². The van der Waals surface area contributed by atoms with Crippen molar-refractivity contribution in [1.82, 2.24) is 20.2 Å². The van der Waals surface area contributed by atoms with Gasteiger partial charge in [0.25, 0.3) is 0 Å². The third-order valence-corrected chi connectivity index (χ3v) is 4.42. The molecule has 2 heterocycles. The number of para-hydroxylation sites is 1. The van der Waals surface area contributed by atoms with Crippen molar-refractivity contribution in [2.75, 3.05) is 4.90 Å². The third kappa shape index (κ3) is 4.79. The van der Waals surface area contributed by atoms with E-state index in [1.807, 2.05) is 83.1 Å². The molecule has 158 valence electrons. The molecule has 0 saturated carbocycles. The molecule has 1 aromatic heterocycles. The van der Waals surface area contributed by atoms with E-state index < -0.39 is 0 Å². The minimum absolute atomic E-state index is 0.0668. The largest absolute Gasteiger partial charge is 0.299 e. The predicted molar refractivity (Wildman–Crippen MR) is 118 cm³/mol. The molecule has 7 nitrogen and oxygen atoms in total. The summed E-state index contributed by atoms with van der Waals surface area (Å²) in [4.78, 5) is 26.3. The third-order valence-electron chi connectivity index (χ3n) is 4.42. The van der Waals surface area contributed by atoms with E-state index in [1.165, 1.54) is 0 Å². The second-order valence-corrected chi connectivity index (χ2v) is 6.13. The van der Waals surface area contributed by atoms with Gasteiger partial charge in [-0.2, -0.15) is 4.68 Å². The lowest BCUT2D eigenvalue weighted by atomic mass is 10.1. The Balaban J connectivity index is 0.000000757. The van der Waals surface area contributed by atoms with Crippen LogP contribution in [0.2, 0.25) is 0 Å². The molecule has 1 aliphatic heterocycles. The summed E-state index contributed by atoms with van der Waals surface area (Å²) in [6.45, 7) is 9.99. The number of nitrogens with zero attached hydrogens (tertiary/aromatic N) is 5. The van der Waals surface area contributed by atoms with Gasteiger partial charge in [0.05, 0.1) is 17.8 Å². The number of fused-ring (bicyclic) bond motifs is 1. The smallest absolute Gasteiger partial charge is 0.239 e. The summed E-state index contributed by atoms with van der Waals surface area (Å²) < 4.78 is 1.67. The van der Waals surface area contributed by atoms with Gasteiger partial charge in [0.15, 0.2) is 5.82 Å². The van der Waals surface area contributed by atoms with Gasteiger partial charge >= 0.3 is 0 Å². The van der Waals surface area contributed by atoms with E-state index in [-0.39, 0.29) is 24.5 Å². The Morgan fingerprint density at radius 2 is 1.50 bits per heavy atom. The number of aryl methyl sites for hydroxylation is 1. The quantitative estimate of drug-likeness (QED) is 0.599. The summed E-state index contributed by atoms with van der Waals surface area (Å²) >= 11 is 0. The molecule has 1 amide bonds. The fraction of sp³-hybridized carbons (Fsp3) is 0.348. The Morgan fingerprint density at radius 1 is 0.867 bits per heavy atom. The van der Waals surface area contributed by atoms with Crippen LogP contribution >= 0.6 is 0 Å². The normalized spacial score (nSPS) is 12.8. The number of tetrazole rings is 1. The van der Waals surface area contributed by atoms with Crippen molar-refractivity contribution in [1.29, 1.82) is 0 Å². The van der Waals surface area contributed by atoms with Gasteiger partial charge in [-0.3, -0.25) is 14.5 Å². The Hall–Kier alpha value is -3.35. The molecule has 4 rings (SSSR count). The van der Waals surface area contributed by atoms with Crippen molar-refractivity contribution in [2.24, 2.45) is 0 Å². The van der Waals surface area contributed by atoms with Crippen molar-refractivity contribution >= 4 is 23.1 Å². The molecule has 0 fully saturated rings. The van der Waals surface area contributed by atoms with Gasteiger partial charge in [-0.1, -0.05) is 52.8 Å². The molecule has 0 atom stereocenters. The summed E-state index contributed by atoms with van der Waals surface area (Å²) in [7, 11) is 0. The van der Waals surface area contributed by atoms with Gasteiger partial charge in [-0.15, -0.1) is 5.10 Å². The maximum Gasteiger partial charge on any atom is 0.239 e. The fourth-order valence-electron chi connectivity index (χ4n) is 3.19. The number of benzene rings is 2. The van der Waals surface area contributed by atoms with Gasteiger partial charge in [-0.25, -0.2) is 0 Å². The zero-order valence-electron chi connectivity index (χ0n) is 18.3. The van der Waals surface area contributed by atoms with Gasteiger partial charge in [-0.05, 0) is 46.3 Å². The van der Waals surface area contributed by atoms with Crippen LogP contribution in [0.1, 0.15) is 52.4 Å². The first-order valence-electron chi connectivity index (χ1n) is 10.5. The second-order valence-electron chi connectivity index (χ2n) is 6.13. The van der Waals surface area contributed by atoms with Crippen molar-refractivity contribution in [3.63, 3.8) is 0 Å². The average Bonchev–Trinajstić information content (AvgIpc) is 3.22. The zero-order valence-corrected chi connectivity index (χ0v) is 18.3. The lowest BCUT2D eigenvalue weighted by Gasteiger charge is -2.23. The van der Waals surface area contributed by atoms with Crippen molar-refractivity contribution in [3.05, 3.63) is 59.9 Å². The van der Waals surface area contributed by atoms with E-state index in [1.54, 1.807) is 9.58 Å². The van der Waals surface area contributed by atoms with Crippen molar-refractivity contribution in [3.8, 4) is 5.69 Å². The first-order chi connectivity index (χ1) is 14.7. The van der Waals surface area contributed by atoms with Crippen LogP contribution in [0.15, 0.2) is 48.5 Å². The molecular formula is C23H29N5O2. The number of hydrogen-bond acceptors (Lipinski definition) is 5. The number of amides is 1. The van der Waals surface area contributed by atoms with Crippen LogP contribution in [-0.4, -0.2) is 31.9 Å². The highest BCUT2D eigenvalue weighted by atomic mass is 16.2. The van der Waals surface area contributed by atoms with Crippen LogP contribution in [0.3, 0.4) is 0 Å². The van der Waals surface area contributed by atoms with E-state index in [4.69, 9.17) is 0 Å². The number of Topliss-reactive ketones (excluding diaryl/α,β-unsaturated/α-hetero) is 1. The van der Waals surface area contributed by atoms with Crippen LogP contribution in [0.25, 0.3) is 5.69 Å². The molecule has 7 heteroatoms. The molecule has 0 N–H and O–H groups in total. The highest BCUT2D eigenvalue weighted by Gasteiger charge is 2.27. The standard InChI is InChI=1S/C19H17N5O2.2C2H6/c1-2-18-20-21-22-24(18)15-9-7-14(8-10-15)23-17-6-4-3-5-13(17)11-16(25)12-19(23)26;2*1-2/h3-10H,2,11-12H2,1H3;2*1-2H3. The summed E-state index contributed by atoms with van der Waals surface area (Å²) in [5.41, 5.74) is 3.16. The zero-order chi connectivity index (χ0) is 22.1. The highest BCUT2D eigenvalue weighted by molar-refractivity contribution is 6.12. The van der Waals surface area contributed by atoms with E-state index in [9.17, 15) is 9.59 Å². The summed E-state index contributed by atoms with van der Waals surface area (Å²) in [5, 5.41) is 11.7. The lowest BCUT2D eigenvalue weighted by Crippen LogP contribution is -2.26.